The highest BCUT2D eigenvalue weighted by molar-refractivity contribution is 6.07. The average Bonchev–Trinajstić information content (AvgIpc) is 2.69. The van der Waals surface area contributed by atoms with Crippen LogP contribution in [0.3, 0.4) is 0 Å². The van der Waals surface area contributed by atoms with Crippen LogP contribution in [0.4, 0.5) is 4.39 Å². The molecule has 0 aliphatic heterocycles. The molecule has 0 fully saturated rings. The molecule has 0 unspecified atom stereocenters. The van der Waals surface area contributed by atoms with Crippen molar-refractivity contribution < 1.29 is 9.18 Å². The van der Waals surface area contributed by atoms with Crippen molar-refractivity contribution in [2.24, 2.45) is 0 Å². The Morgan fingerprint density at radius 1 is 1.37 bits per heavy atom. The summed E-state index contributed by atoms with van der Waals surface area (Å²) in [5.74, 6) is -0.295. The third-order valence-corrected chi connectivity index (χ3v) is 3.23. The third-order valence-electron chi connectivity index (χ3n) is 3.23. The van der Waals surface area contributed by atoms with Gasteiger partial charge < -0.3 is 9.47 Å². The van der Waals surface area contributed by atoms with Gasteiger partial charge in [0.1, 0.15) is 5.82 Å². The van der Waals surface area contributed by atoms with Crippen LogP contribution >= 0.6 is 0 Å². The summed E-state index contributed by atoms with van der Waals surface area (Å²) in [6.07, 6.45) is 2.69. The van der Waals surface area contributed by atoms with E-state index in [9.17, 15) is 9.18 Å². The molecule has 0 saturated heterocycles. The summed E-state index contributed by atoms with van der Waals surface area (Å²) >= 11 is 0. The van der Waals surface area contributed by atoms with Crippen molar-refractivity contribution in [3.8, 4) is 0 Å². The summed E-state index contributed by atoms with van der Waals surface area (Å²) in [4.78, 5) is 13.7. The molecule has 0 N–H and O–H groups in total. The lowest BCUT2D eigenvalue weighted by molar-refractivity contribution is 0.101. The van der Waals surface area contributed by atoms with Gasteiger partial charge in [0.2, 0.25) is 0 Å². The molecule has 0 radical (unpaired) electrons. The summed E-state index contributed by atoms with van der Waals surface area (Å²) in [6.45, 7) is 3.16. The second kappa shape index (κ2) is 5.53. The normalized spacial score (nSPS) is 11.4. The number of benzene rings is 1. The van der Waals surface area contributed by atoms with Crippen LogP contribution < -0.4 is 0 Å². The van der Waals surface area contributed by atoms with Gasteiger partial charge in [-0.2, -0.15) is 0 Å². The molecule has 0 saturated carbocycles. The Morgan fingerprint density at radius 2 is 2.11 bits per heavy atom. The first-order valence-electron chi connectivity index (χ1n) is 6.43. The minimum atomic E-state index is -0.269. The van der Waals surface area contributed by atoms with Gasteiger partial charge >= 0.3 is 0 Å². The van der Waals surface area contributed by atoms with E-state index in [1.165, 1.54) is 13.0 Å². The second-order valence-corrected chi connectivity index (χ2v) is 5.09. The first-order valence-corrected chi connectivity index (χ1v) is 6.43. The van der Waals surface area contributed by atoms with Crippen molar-refractivity contribution in [2.45, 2.75) is 19.9 Å². The van der Waals surface area contributed by atoms with Crippen molar-refractivity contribution in [3.05, 3.63) is 35.8 Å². The molecule has 3 nitrogen and oxygen atoms in total. The molecule has 1 aromatic carbocycles. The lowest BCUT2D eigenvalue weighted by Gasteiger charge is -2.10. The van der Waals surface area contributed by atoms with Gasteiger partial charge in [0.25, 0.3) is 0 Å². The number of nitrogens with zero attached hydrogens (tertiary/aromatic N) is 2. The summed E-state index contributed by atoms with van der Waals surface area (Å²) in [6, 6.07) is 4.89. The van der Waals surface area contributed by atoms with E-state index in [1.54, 1.807) is 18.3 Å². The zero-order valence-corrected chi connectivity index (χ0v) is 11.6. The highest BCUT2D eigenvalue weighted by Gasteiger charge is 2.14. The molecule has 1 aromatic heterocycles. The van der Waals surface area contributed by atoms with Crippen LogP contribution in [0.25, 0.3) is 10.9 Å². The van der Waals surface area contributed by atoms with Crippen LogP contribution in [0.15, 0.2) is 24.4 Å². The number of halogens is 1. The van der Waals surface area contributed by atoms with Gasteiger partial charge in [-0.05, 0) is 40.1 Å². The third kappa shape index (κ3) is 2.84. The lowest BCUT2D eigenvalue weighted by Crippen LogP contribution is -2.15. The van der Waals surface area contributed by atoms with E-state index in [2.05, 4.69) is 4.90 Å². The standard InChI is InChI=1S/C15H19FN2O/c1-11(19)13-10-18(9-5-8-17(2)3)15-12(13)6-4-7-14(15)16/h4,6-7,10H,5,8-9H2,1-3H3. The van der Waals surface area contributed by atoms with Gasteiger partial charge in [0.15, 0.2) is 5.78 Å². The highest BCUT2D eigenvalue weighted by atomic mass is 19.1. The number of carbonyl (C=O) groups is 1. The van der Waals surface area contributed by atoms with Crippen molar-refractivity contribution in [2.75, 3.05) is 20.6 Å². The molecule has 102 valence electrons. The molecule has 0 spiro atoms. The SMILES string of the molecule is CC(=O)c1cn(CCCN(C)C)c2c(F)cccc12. The number of hydrogen-bond donors (Lipinski definition) is 0. The number of aromatic nitrogens is 1. The molecule has 0 aliphatic carbocycles. The summed E-state index contributed by atoms with van der Waals surface area (Å²) in [5, 5.41) is 0.706. The summed E-state index contributed by atoms with van der Waals surface area (Å²) in [7, 11) is 4.02. The zero-order valence-electron chi connectivity index (χ0n) is 11.6. The van der Waals surface area contributed by atoms with E-state index < -0.39 is 0 Å². The molecule has 0 aliphatic rings. The predicted molar refractivity (Wildman–Crippen MR) is 75.1 cm³/mol. The lowest BCUT2D eigenvalue weighted by atomic mass is 10.1. The Morgan fingerprint density at radius 3 is 2.74 bits per heavy atom. The number of Topliss-reactive ketones (excluding diaryl/α,β-unsaturated/α-hetero) is 1. The number of hydrogen-bond acceptors (Lipinski definition) is 2. The Labute approximate surface area is 112 Å². The molecule has 0 amide bonds. The van der Waals surface area contributed by atoms with Crippen molar-refractivity contribution in [1.29, 1.82) is 0 Å². The van der Waals surface area contributed by atoms with Crippen LogP contribution in [0.1, 0.15) is 23.7 Å². The summed E-state index contributed by atoms with van der Waals surface area (Å²) < 4.78 is 15.8. The van der Waals surface area contributed by atoms with Gasteiger partial charge in [0.05, 0.1) is 5.52 Å². The van der Waals surface area contributed by atoms with E-state index in [0.717, 1.165) is 13.0 Å². The fourth-order valence-corrected chi connectivity index (χ4v) is 2.33. The number of para-hydroxylation sites is 1. The maximum atomic E-state index is 14.0. The predicted octanol–water partition coefficient (Wildman–Crippen LogP) is 2.93. The average molecular weight is 262 g/mol. The topological polar surface area (TPSA) is 25.2 Å². The van der Waals surface area contributed by atoms with Crippen LogP contribution in [0.2, 0.25) is 0 Å². The molecule has 2 aromatic rings. The van der Waals surface area contributed by atoms with Gasteiger partial charge in [-0.1, -0.05) is 12.1 Å². The van der Waals surface area contributed by atoms with E-state index in [1.807, 2.05) is 18.7 Å². The highest BCUT2D eigenvalue weighted by Crippen LogP contribution is 2.24. The molecule has 2 rings (SSSR count). The maximum Gasteiger partial charge on any atom is 0.161 e. The largest absolute Gasteiger partial charge is 0.344 e. The molecular formula is C15H19FN2O. The molecule has 4 heteroatoms. The number of aryl methyl sites for hydroxylation is 1. The number of ketones is 1. The van der Waals surface area contributed by atoms with E-state index in [4.69, 9.17) is 0 Å². The number of fused-ring (bicyclic) bond motifs is 1. The van der Waals surface area contributed by atoms with Crippen LogP contribution in [-0.4, -0.2) is 35.9 Å². The first kappa shape index (κ1) is 13.7. The smallest absolute Gasteiger partial charge is 0.161 e. The van der Waals surface area contributed by atoms with Gasteiger partial charge in [0, 0.05) is 23.7 Å². The summed E-state index contributed by atoms with van der Waals surface area (Å²) in [5.41, 5.74) is 1.13. The van der Waals surface area contributed by atoms with Gasteiger partial charge in [-0.15, -0.1) is 0 Å². The van der Waals surface area contributed by atoms with E-state index in [0.29, 0.717) is 23.0 Å². The quantitative estimate of drug-likeness (QED) is 0.774. The number of rotatable bonds is 5. The molecule has 19 heavy (non-hydrogen) atoms. The van der Waals surface area contributed by atoms with E-state index >= 15 is 0 Å². The second-order valence-electron chi connectivity index (χ2n) is 5.09. The zero-order chi connectivity index (χ0) is 14.0. The fourth-order valence-electron chi connectivity index (χ4n) is 2.33. The maximum absolute atomic E-state index is 14.0. The van der Waals surface area contributed by atoms with Crippen molar-refractivity contribution in [3.63, 3.8) is 0 Å². The minimum absolute atomic E-state index is 0.0260. The van der Waals surface area contributed by atoms with E-state index in [-0.39, 0.29) is 11.6 Å². The van der Waals surface area contributed by atoms with Crippen molar-refractivity contribution >= 4 is 16.7 Å². The van der Waals surface area contributed by atoms with Crippen LogP contribution in [-0.2, 0) is 6.54 Å². The fraction of sp³-hybridized carbons (Fsp3) is 0.400. The van der Waals surface area contributed by atoms with Crippen molar-refractivity contribution in [1.82, 2.24) is 9.47 Å². The number of carbonyl (C=O) groups excluding carboxylic acids is 1. The van der Waals surface area contributed by atoms with Crippen LogP contribution in [0.5, 0.6) is 0 Å². The van der Waals surface area contributed by atoms with Gasteiger partial charge in [-0.3, -0.25) is 4.79 Å². The molecule has 1 heterocycles. The minimum Gasteiger partial charge on any atom is -0.344 e. The Bertz CT molecular complexity index is 601. The Balaban J connectivity index is 2.40. The molecule has 0 atom stereocenters. The first-order chi connectivity index (χ1) is 9.00. The Kier molecular flexibility index (Phi) is 4.00. The van der Waals surface area contributed by atoms with Crippen LogP contribution in [0, 0.1) is 5.82 Å². The molecule has 0 bridgehead atoms. The monoisotopic (exact) mass is 262 g/mol. The Hall–Kier alpha value is -1.68. The molecular weight excluding hydrogens is 243 g/mol. The van der Waals surface area contributed by atoms with Gasteiger partial charge in [-0.25, -0.2) is 4.39 Å².